The molecule has 1 aromatic carbocycles. The van der Waals surface area contributed by atoms with Crippen LogP contribution in [0.25, 0.3) is 0 Å². The number of hydrogen-bond donors (Lipinski definition) is 0. The lowest BCUT2D eigenvalue weighted by molar-refractivity contribution is -0.129. The highest BCUT2D eigenvalue weighted by atomic mass is 32.2. The van der Waals surface area contributed by atoms with Crippen molar-refractivity contribution in [3.63, 3.8) is 0 Å². The Morgan fingerprint density at radius 3 is 2.38 bits per heavy atom. The summed E-state index contributed by atoms with van der Waals surface area (Å²) in [5, 5.41) is 0. The van der Waals surface area contributed by atoms with Crippen molar-refractivity contribution in [1.82, 2.24) is 14.1 Å². The van der Waals surface area contributed by atoms with Crippen molar-refractivity contribution in [1.29, 1.82) is 0 Å². The average molecular weight is 420 g/mol. The van der Waals surface area contributed by atoms with Crippen LogP contribution in [0, 0.1) is 6.92 Å². The first kappa shape index (κ1) is 21.1. The van der Waals surface area contributed by atoms with Gasteiger partial charge >= 0.3 is 0 Å². The topological polar surface area (TPSA) is 91.1 Å². The van der Waals surface area contributed by atoms with Gasteiger partial charge < -0.3 is 14.2 Å². The fourth-order valence-electron chi connectivity index (χ4n) is 3.28. The SMILES string of the molecule is CC(=O)N1CCN(S(=O)(=O)c2cccc(C(=O)N(C)Cc3ccc(C)o3)c2)CC1. The van der Waals surface area contributed by atoms with Crippen molar-refractivity contribution in [2.75, 3.05) is 33.2 Å². The van der Waals surface area contributed by atoms with Gasteiger partial charge in [0.1, 0.15) is 11.5 Å². The van der Waals surface area contributed by atoms with E-state index in [0.29, 0.717) is 24.4 Å². The molecule has 8 nitrogen and oxygen atoms in total. The van der Waals surface area contributed by atoms with Gasteiger partial charge in [0.25, 0.3) is 5.91 Å². The van der Waals surface area contributed by atoms with E-state index in [9.17, 15) is 18.0 Å². The molecular formula is C20H25N3O5S. The highest BCUT2D eigenvalue weighted by Crippen LogP contribution is 2.20. The summed E-state index contributed by atoms with van der Waals surface area (Å²) in [5.41, 5.74) is 0.291. The number of nitrogens with zero attached hydrogens (tertiary/aromatic N) is 3. The van der Waals surface area contributed by atoms with E-state index in [1.165, 1.54) is 28.3 Å². The second kappa shape index (κ2) is 8.38. The summed E-state index contributed by atoms with van der Waals surface area (Å²) in [6.07, 6.45) is 0. The molecule has 29 heavy (non-hydrogen) atoms. The van der Waals surface area contributed by atoms with Crippen molar-refractivity contribution >= 4 is 21.8 Å². The Labute approximate surface area is 170 Å². The van der Waals surface area contributed by atoms with Crippen LogP contribution in [0.1, 0.15) is 28.8 Å². The van der Waals surface area contributed by atoms with E-state index in [0.717, 1.165) is 5.76 Å². The molecule has 2 amide bonds. The minimum Gasteiger partial charge on any atom is -0.464 e. The molecule has 0 N–H and O–H groups in total. The van der Waals surface area contributed by atoms with Gasteiger partial charge in [-0.2, -0.15) is 4.31 Å². The summed E-state index contributed by atoms with van der Waals surface area (Å²) < 4.78 is 32.8. The van der Waals surface area contributed by atoms with Gasteiger partial charge in [-0.05, 0) is 37.3 Å². The van der Waals surface area contributed by atoms with Crippen LogP contribution < -0.4 is 0 Å². The molecule has 0 aliphatic carbocycles. The maximum Gasteiger partial charge on any atom is 0.254 e. The van der Waals surface area contributed by atoms with E-state index < -0.39 is 10.0 Å². The van der Waals surface area contributed by atoms with Gasteiger partial charge in [-0.15, -0.1) is 0 Å². The van der Waals surface area contributed by atoms with Gasteiger partial charge in [0, 0.05) is 45.7 Å². The maximum atomic E-state index is 13.0. The predicted molar refractivity (Wildman–Crippen MR) is 107 cm³/mol. The first-order valence-electron chi connectivity index (χ1n) is 9.35. The third kappa shape index (κ3) is 4.68. The van der Waals surface area contributed by atoms with E-state index in [1.54, 1.807) is 30.1 Å². The second-order valence-corrected chi connectivity index (χ2v) is 9.05. The lowest BCUT2D eigenvalue weighted by Gasteiger charge is -2.33. The molecule has 2 heterocycles. The number of hydrogen-bond acceptors (Lipinski definition) is 5. The van der Waals surface area contributed by atoms with Crippen molar-refractivity contribution in [3.8, 4) is 0 Å². The van der Waals surface area contributed by atoms with E-state index in [4.69, 9.17) is 4.42 Å². The van der Waals surface area contributed by atoms with Crippen LogP contribution in [0.2, 0.25) is 0 Å². The van der Waals surface area contributed by atoms with E-state index in [2.05, 4.69) is 0 Å². The third-order valence-electron chi connectivity index (χ3n) is 4.94. The largest absolute Gasteiger partial charge is 0.464 e. The summed E-state index contributed by atoms with van der Waals surface area (Å²) in [7, 11) is -2.10. The zero-order valence-corrected chi connectivity index (χ0v) is 17.6. The molecule has 0 radical (unpaired) electrons. The van der Waals surface area contributed by atoms with Crippen LogP contribution >= 0.6 is 0 Å². The van der Waals surface area contributed by atoms with E-state index >= 15 is 0 Å². The Hall–Kier alpha value is -2.65. The molecule has 1 aromatic heterocycles. The fourth-order valence-corrected chi connectivity index (χ4v) is 4.75. The van der Waals surface area contributed by atoms with Crippen molar-refractivity contribution in [2.24, 2.45) is 0 Å². The minimum absolute atomic E-state index is 0.0653. The first-order valence-corrected chi connectivity index (χ1v) is 10.8. The van der Waals surface area contributed by atoms with Gasteiger partial charge in [-0.25, -0.2) is 8.42 Å². The molecule has 9 heteroatoms. The van der Waals surface area contributed by atoms with Gasteiger partial charge in [-0.1, -0.05) is 6.07 Å². The van der Waals surface area contributed by atoms with Crippen LogP contribution in [0.4, 0.5) is 0 Å². The van der Waals surface area contributed by atoms with Crippen LogP contribution in [-0.2, 0) is 21.4 Å². The van der Waals surface area contributed by atoms with E-state index in [-0.39, 0.29) is 36.3 Å². The highest BCUT2D eigenvalue weighted by Gasteiger charge is 2.29. The molecule has 0 bridgehead atoms. The molecule has 1 aliphatic heterocycles. The summed E-state index contributed by atoms with van der Waals surface area (Å²) in [6.45, 7) is 4.78. The van der Waals surface area contributed by atoms with Crippen LogP contribution in [-0.4, -0.2) is 67.6 Å². The van der Waals surface area contributed by atoms with Crippen LogP contribution in [0.5, 0.6) is 0 Å². The molecule has 1 saturated heterocycles. The average Bonchev–Trinajstić information content (AvgIpc) is 3.12. The lowest BCUT2D eigenvalue weighted by Crippen LogP contribution is -2.49. The number of rotatable bonds is 5. The number of amides is 2. The van der Waals surface area contributed by atoms with Gasteiger partial charge in [0.05, 0.1) is 11.4 Å². The minimum atomic E-state index is -3.74. The van der Waals surface area contributed by atoms with Gasteiger partial charge in [0.15, 0.2) is 0 Å². The number of sulfonamides is 1. The Morgan fingerprint density at radius 2 is 1.79 bits per heavy atom. The lowest BCUT2D eigenvalue weighted by atomic mass is 10.2. The number of aryl methyl sites for hydroxylation is 1. The summed E-state index contributed by atoms with van der Waals surface area (Å²) in [4.78, 5) is 27.4. The number of piperazine rings is 1. The predicted octanol–water partition coefficient (Wildman–Crippen LogP) is 1.71. The molecule has 2 aromatic rings. The smallest absolute Gasteiger partial charge is 0.254 e. The normalized spacial score (nSPS) is 15.3. The Kier molecular flexibility index (Phi) is 6.09. The molecule has 1 fully saturated rings. The molecule has 0 spiro atoms. The molecule has 156 valence electrons. The molecule has 0 unspecified atom stereocenters. The van der Waals surface area contributed by atoms with Crippen LogP contribution in [0.3, 0.4) is 0 Å². The molecular weight excluding hydrogens is 394 g/mol. The number of carbonyl (C=O) groups is 2. The Balaban J connectivity index is 1.74. The quantitative estimate of drug-likeness (QED) is 0.736. The molecule has 1 aliphatic rings. The van der Waals surface area contributed by atoms with Gasteiger partial charge in [-0.3, -0.25) is 9.59 Å². The van der Waals surface area contributed by atoms with Crippen molar-refractivity contribution in [3.05, 3.63) is 53.5 Å². The van der Waals surface area contributed by atoms with Crippen LogP contribution in [0.15, 0.2) is 45.7 Å². The van der Waals surface area contributed by atoms with Crippen molar-refractivity contribution in [2.45, 2.75) is 25.3 Å². The zero-order valence-electron chi connectivity index (χ0n) is 16.8. The summed E-state index contributed by atoms with van der Waals surface area (Å²) in [6, 6.07) is 9.68. The first-order chi connectivity index (χ1) is 13.7. The highest BCUT2D eigenvalue weighted by molar-refractivity contribution is 7.89. The number of benzene rings is 1. The molecule has 0 saturated carbocycles. The maximum absolute atomic E-state index is 13.0. The number of carbonyl (C=O) groups excluding carboxylic acids is 2. The standard InChI is InChI=1S/C20H25N3O5S/c1-15-7-8-18(28-15)14-21(3)20(25)17-5-4-6-19(13-17)29(26,27)23-11-9-22(10-12-23)16(2)24/h4-8,13H,9-12,14H2,1-3H3. The summed E-state index contributed by atoms with van der Waals surface area (Å²) in [5.74, 6) is 1.06. The monoisotopic (exact) mass is 419 g/mol. The fraction of sp³-hybridized carbons (Fsp3) is 0.400. The Bertz CT molecular complexity index is 1010. The van der Waals surface area contributed by atoms with E-state index in [1.807, 2.05) is 13.0 Å². The number of furan rings is 1. The summed E-state index contributed by atoms with van der Waals surface area (Å²) >= 11 is 0. The van der Waals surface area contributed by atoms with Gasteiger partial charge in [0.2, 0.25) is 15.9 Å². The van der Waals surface area contributed by atoms with Crippen molar-refractivity contribution < 1.29 is 22.4 Å². The zero-order chi connectivity index (χ0) is 21.2. The molecule has 0 atom stereocenters. The third-order valence-corrected chi connectivity index (χ3v) is 6.83. The molecule has 3 rings (SSSR count). The second-order valence-electron chi connectivity index (χ2n) is 7.11. The Morgan fingerprint density at radius 1 is 1.10 bits per heavy atom.